The largest absolute Gasteiger partial charge is 0.520 e. The van der Waals surface area contributed by atoms with Gasteiger partial charge in [0.2, 0.25) is 8.32 Å². The van der Waals surface area contributed by atoms with E-state index in [9.17, 15) is 4.79 Å². The Labute approximate surface area is 108 Å². The van der Waals surface area contributed by atoms with Crippen LogP contribution in [-0.4, -0.2) is 40.2 Å². The standard InChI is InChI=1S/C12H27NO2Si2/c1-16(2,3)13-9-7-11(8-10-13)12(14)15-17(4,5)6/h11H,7-10H2,1-6H3. The second-order valence-electron chi connectivity index (χ2n) is 6.97. The van der Waals surface area contributed by atoms with E-state index in [0.29, 0.717) is 0 Å². The van der Waals surface area contributed by atoms with Crippen LogP contribution in [0, 0.1) is 5.92 Å². The maximum Gasteiger partial charge on any atom is 0.295 e. The first-order valence-corrected chi connectivity index (χ1v) is 13.4. The lowest BCUT2D eigenvalue weighted by Gasteiger charge is -2.39. The molecule has 0 atom stereocenters. The Morgan fingerprint density at radius 3 is 1.88 bits per heavy atom. The van der Waals surface area contributed by atoms with Gasteiger partial charge in [-0.25, -0.2) is 0 Å². The third kappa shape index (κ3) is 4.93. The van der Waals surface area contributed by atoms with E-state index < -0.39 is 16.6 Å². The zero-order valence-corrected chi connectivity index (χ0v) is 14.2. The molecule has 0 aromatic heterocycles. The molecule has 17 heavy (non-hydrogen) atoms. The van der Waals surface area contributed by atoms with Crippen LogP contribution >= 0.6 is 0 Å². The highest BCUT2D eigenvalue weighted by molar-refractivity contribution is 6.73. The third-order valence-corrected chi connectivity index (χ3v) is 6.34. The van der Waals surface area contributed by atoms with Crippen LogP contribution in [0.1, 0.15) is 12.8 Å². The molecule has 0 amide bonds. The number of hydrogen-bond donors (Lipinski definition) is 0. The summed E-state index contributed by atoms with van der Waals surface area (Å²) in [5, 5.41) is 0. The maximum absolute atomic E-state index is 12.0. The third-order valence-electron chi connectivity index (χ3n) is 3.18. The molecule has 1 fully saturated rings. The van der Waals surface area contributed by atoms with E-state index in [-0.39, 0.29) is 11.9 Å². The zero-order valence-electron chi connectivity index (χ0n) is 12.2. The van der Waals surface area contributed by atoms with Gasteiger partial charge in [-0.1, -0.05) is 19.6 Å². The normalized spacial score (nSPS) is 20.4. The van der Waals surface area contributed by atoms with Gasteiger partial charge in [0.25, 0.3) is 5.97 Å². The Morgan fingerprint density at radius 1 is 1.06 bits per heavy atom. The van der Waals surface area contributed by atoms with Crippen LogP contribution in [0.3, 0.4) is 0 Å². The number of carbonyl (C=O) groups is 1. The summed E-state index contributed by atoms with van der Waals surface area (Å²) in [5.74, 6) is 0.203. The van der Waals surface area contributed by atoms with Gasteiger partial charge in [0.15, 0.2) is 0 Å². The summed E-state index contributed by atoms with van der Waals surface area (Å²) < 4.78 is 8.18. The highest BCUT2D eigenvalue weighted by Gasteiger charge is 2.33. The fourth-order valence-corrected chi connectivity index (χ4v) is 4.54. The van der Waals surface area contributed by atoms with Gasteiger partial charge in [0, 0.05) is 0 Å². The summed E-state index contributed by atoms with van der Waals surface area (Å²) in [6.45, 7) is 15.5. The summed E-state index contributed by atoms with van der Waals surface area (Å²) >= 11 is 0. The molecule has 100 valence electrons. The molecule has 0 aliphatic carbocycles. The zero-order chi connectivity index (χ0) is 13.3. The fourth-order valence-electron chi connectivity index (χ4n) is 2.17. The molecule has 1 aliphatic rings. The summed E-state index contributed by atoms with van der Waals surface area (Å²) in [6, 6.07) is 0. The molecule has 0 aromatic rings. The molecule has 0 spiro atoms. The van der Waals surface area contributed by atoms with Gasteiger partial charge in [0.05, 0.1) is 5.92 Å². The van der Waals surface area contributed by atoms with Crippen molar-refractivity contribution >= 4 is 22.5 Å². The molecular formula is C12H27NO2Si2. The first-order valence-electron chi connectivity index (χ1n) is 6.57. The SMILES string of the molecule is C[Si](C)(C)OC(=O)C1CCN([Si](C)(C)C)CC1. The van der Waals surface area contributed by atoms with E-state index in [2.05, 4.69) is 43.8 Å². The minimum Gasteiger partial charge on any atom is -0.520 e. The average Bonchev–Trinajstić information content (AvgIpc) is 2.14. The molecule has 1 rings (SSSR count). The van der Waals surface area contributed by atoms with Gasteiger partial charge in [0.1, 0.15) is 8.24 Å². The molecule has 0 aromatic carbocycles. The van der Waals surface area contributed by atoms with E-state index in [1.807, 2.05) is 0 Å². The molecule has 0 unspecified atom stereocenters. The van der Waals surface area contributed by atoms with Gasteiger partial charge >= 0.3 is 0 Å². The van der Waals surface area contributed by atoms with Crippen molar-refractivity contribution in [2.75, 3.05) is 13.1 Å². The van der Waals surface area contributed by atoms with Crippen molar-refractivity contribution in [3.63, 3.8) is 0 Å². The van der Waals surface area contributed by atoms with Crippen molar-refractivity contribution < 1.29 is 9.22 Å². The lowest BCUT2D eigenvalue weighted by molar-refractivity contribution is -0.141. The van der Waals surface area contributed by atoms with Gasteiger partial charge in [-0.3, -0.25) is 4.79 Å². The second-order valence-corrected chi connectivity index (χ2v) is 16.4. The molecule has 0 bridgehead atoms. The molecule has 0 radical (unpaired) electrons. The molecule has 1 saturated heterocycles. The predicted molar refractivity (Wildman–Crippen MR) is 77.1 cm³/mol. The monoisotopic (exact) mass is 273 g/mol. The molecule has 5 heteroatoms. The summed E-state index contributed by atoms with van der Waals surface area (Å²) in [7, 11) is -2.89. The lowest BCUT2D eigenvalue weighted by Crippen LogP contribution is -2.51. The maximum atomic E-state index is 12.0. The average molecular weight is 274 g/mol. The Kier molecular flexibility index (Phi) is 4.60. The Hall–Kier alpha value is -0.136. The summed E-state index contributed by atoms with van der Waals surface area (Å²) in [6.07, 6.45) is 1.96. The van der Waals surface area contributed by atoms with Crippen LogP contribution in [0.4, 0.5) is 0 Å². The van der Waals surface area contributed by atoms with Gasteiger partial charge in [-0.2, -0.15) is 0 Å². The Bertz CT molecular complexity index is 273. The number of piperidine rings is 1. The number of nitrogens with zero attached hydrogens (tertiary/aromatic N) is 1. The van der Waals surface area contributed by atoms with Crippen molar-refractivity contribution in [1.29, 1.82) is 0 Å². The fraction of sp³-hybridized carbons (Fsp3) is 0.917. The van der Waals surface area contributed by atoms with Crippen molar-refractivity contribution in [2.24, 2.45) is 5.92 Å². The number of hydrogen-bond acceptors (Lipinski definition) is 3. The first-order chi connectivity index (χ1) is 7.59. The summed E-state index contributed by atoms with van der Waals surface area (Å²) in [5.41, 5.74) is 0. The van der Waals surface area contributed by atoms with Gasteiger partial charge in [-0.05, 0) is 45.6 Å². The van der Waals surface area contributed by atoms with Crippen molar-refractivity contribution in [3.8, 4) is 0 Å². The topological polar surface area (TPSA) is 29.5 Å². The molecule has 3 nitrogen and oxygen atoms in total. The Balaban J connectivity index is 2.45. The molecule has 1 heterocycles. The first kappa shape index (κ1) is 14.9. The minimum atomic E-state index is -1.71. The number of carbonyl (C=O) groups excluding carboxylic acids is 1. The van der Waals surface area contributed by atoms with Crippen LogP contribution in [0.25, 0.3) is 0 Å². The summed E-state index contributed by atoms with van der Waals surface area (Å²) in [4.78, 5) is 12.0. The second kappa shape index (κ2) is 5.24. The van der Waals surface area contributed by atoms with Crippen LogP contribution in [0.15, 0.2) is 0 Å². The van der Waals surface area contributed by atoms with Gasteiger partial charge < -0.3 is 8.99 Å². The lowest BCUT2D eigenvalue weighted by atomic mass is 9.99. The highest BCUT2D eigenvalue weighted by atomic mass is 28.4. The van der Waals surface area contributed by atoms with Crippen molar-refractivity contribution in [1.82, 2.24) is 4.57 Å². The van der Waals surface area contributed by atoms with E-state index in [1.165, 1.54) is 0 Å². The highest BCUT2D eigenvalue weighted by Crippen LogP contribution is 2.24. The Morgan fingerprint density at radius 2 is 1.53 bits per heavy atom. The molecular weight excluding hydrogens is 246 g/mol. The van der Waals surface area contributed by atoms with E-state index in [0.717, 1.165) is 25.9 Å². The van der Waals surface area contributed by atoms with Crippen LogP contribution in [0.5, 0.6) is 0 Å². The number of rotatable bonds is 3. The predicted octanol–water partition coefficient (Wildman–Crippen LogP) is 2.91. The quantitative estimate of drug-likeness (QED) is 0.741. The van der Waals surface area contributed by atoms with Crippen LogP contribution in [-0.2, 0) is 9.22 Å². The van der Waals surface area contributed by atoms with Crippen molar-refractivity contribution in [2.45, 2.75) is 52.1 Å². The molecule has 1 aliphatic heterocycles. The molecule has 0 N–H and O–H groups in total. The minimum absolute atomic E-state index is 0.0550. The van der Waals surface area contributed by atoms with E-state index in [4.69, 9.17) is 4.43 Å². The van der Waals surface area contributed by atoms with E-state index in [1.54, 1.807) is 0 Å². The van der Waals surface area contributed by atoms with Crippen LogP contribution < -0.4 is 0 Å². The van der Waals surface area contributed by atoms with Gasteiger partial charge in [-0.15, -0.1) is 0 Å². The van der Waals surface area contributed by atoms with E-state index >= 15 is 0 Å². The van der Waals surface area contributed by atoms with Crippen LogP contribution in [0.2, 0.25) is 39.3 Å². The van der Waals surface area contributed by atoms with Crippen molar-refractivity contribution in [3.05, 3.63) is 0 Å². The smallest absolute Gasteiger partial charge is 0.295 e. The molecule has 0 saturated carbocycles.